The number of amides is 2. The lowest BCUT2D eigenvalue weighted by Gasteiger charge is -2.33. The average molecular weight is 511 g/mol. The third-order valence-electron chi connectivity index (χ3n) is 6.21. The minimum atomic E-state index is -0.665. The Morgan fingerprint density at radius 3 is 2.26 bits per heavy atom. The Labute approximate surface area is 218 Å². The van der Waals surface area contributed by atoms with E-state index in [1.165, 1.54) is 0 Å². The van der Waals surface area contributed by atoms with Crippen LogP contribution in [-0.4, -0.2) is 28.8 Å². The van der Waals surface area contributed by atoms with Crippen LogP contribution in [0.1, 0.15) is 42.5 Å². The minimum absolute atomic E-state index is 0.00580. The van der Waals surface area contributed by atoms with Crippen LogP contribution >= 0.6 is 23.2 Å². The van der Waals surface area contributed by atoms with Gasteiger partial charge in [0.15, 0.2) is 0 Å². The van der Waals surface area contributed by atoms with Gasteiger partial charge in [0.2, 0.25) is 11.8 Å². The first kappa shape index (κ1) is 26.8. The monoisotopic (exact) mass is 510 g/mol. The lowest BCUT2D eigenvalue weighted by Crippen LogP contribution is -2.52. The van der Waals surface area contributed by atoms with Gasteiger partial charge in [-0.2, -0.15) is 0 Å². The Morgan fingerprint density at radius 1 is 0.914 bits per heavy atom. The largest absolute Gasteiger partial charge is 0.352 e. The first-order chi connectivity index (χ1) is 16.8. The Morgan fingerprint density at radius 2 is 1.60 bits per heavy atom. The summed E-state index contributed by atoms with van der Waals surface area (Å²) in [4.78, 5) is 29.0. The van der Waals surface area contributed by atoms with Gasteiger partial charge in [0.05, 0.1) is 16.5 Å². The van der Waals surface area contributed by atoms with Gasteiger partial charge in [-0.05, 0) is 54.7 Å². The number of hydrogen-bond acceptors (Lipinski definition) is 2. The van der Waals surface area contributed by atoms with E-state index in [2.05, 4.69) is 5.32 Å². The molecular formula is C29H32Cl2N2O2. The third-order valence-corrected chi connectivity index (χ3v) is 6.95. The van der Waals surface area contributed by atoms with Crippen molar-refractivity contribution in [3.05, 3.63) is 105 Å². The second-order valence-electron chi connectivity index (χ2n) is 8.90. The Balaban J connectivity index is 1.99. The van der Waals surface area contributed by atoms with E-state index in [0.29, 0.717) is 23.0 Å². The smallest absolute Gasteiger partial charge is 0.243 e. The molecule has 0 radical (unpaired) electrons. The second kappa shape index (κ2) is 12.8. The van der Waals surface area contributed by atoms with Gasteiger partial charge in [-0.3, -0.25) is 9.59 Å². The summed E-state index contributed by atoms with van der Waals surface area (Å²) in [7, 11) is 0. The van der Waals surface area contributed by atoms with Crippen LogP contribution in [0.5, 0.6) is 0 Å². The van der Waals surface area contributed by atoms with E-state index in [1.807, 2.05) is 75.4 Å². The van der Waals surface area contributed by atoms with Gasteiger partial charge in [-0.25, -0.2) is 0 Å². The maximum atomic E-state index is 13.8. The van der Waals surface area contributed by atoms with E-state index in [1.54, 1.807) is 23.1 Å². The molecule has 0 aliphatic heterocycles. The molecule has 184 valence electrons. The van der Waals surface area contributed by atoms with Gasteiger partial charge < -0.3 is 10.2 Å². The van der Waals surface area contributed by atoms with E-state index >= 15 is 0 Å². The summed E-state index contributed by atoms with van der Waals surface area (Å²) in [5, 5.41) is 3.93. The van der Waals surface area contributed by atoms with Crippen LogP contribution in [0.25, 0.3) is 0 Å². The molecule has 3 rings (SSSR count). The topological polar surface area (TPSA) is 49.4 Å². The average Bonchev–Trinajstić information content (AvgIpc) is 2.85. The summed E-state index contributed by atoms with van der Waals surface area (Å²) in [6, 6.07) is 22.3. The van der Waals surface area contributed by atoms with Gasteiger partial charge in [-0.15, -0.1) is 0 Å². The van der Waals surface area contributed by atoms with Crippen molar-refractivity contribution in [1.29, 1.82) is 0 Å². The molecule has 1 N–H and O–H groups in total. The molecule has 0 fully saturated rings. The number of carbonyl (C=O) groups is 2. The van der Waals surface area contributed by atoms with Gasteiger partial charge in [-0.1, -0.05) is 90.8 Å². The lowest BCUT2D eigenvalue weighted by atomic mass is 10.00. The number of halogens is 2. The van der Waals surface area contributed by atoms with Gasteiger partial charge >= 0.3 is 0 Å². The molecule has 0 heterocycles. The number of hydrogen-bond donors (Lipinski definition) is 1. The Bertz CT molecular complexity index is 1150. The zero-order chi connectivity index (χ0) is 25.4. The first-order valence-corrected chi connectivity index (χ1v) is 12.7. The maximum Gasteiger partial charge on any atom is 0.243 e. The molecule has 0 saturated heterocycles. The fourth-order valence-corrected chi connectivity index (χ4v) is 4.21. The van der Waals surface area contributed by atoms with E-state index < -0.39 is 6.04 Å². The van der Waals surface area contributed by atoms with Crippen molar-refractivity contribution in [2.75, 3.05) is 0 Å². The number of nitrogens with one attached hydrogen (secondary N) is 1. The highest BCUT2D eigenvalue weighted by Gasteiger charge is 2.31. The molecule has 2 atom stereocenters. The Hall–Kier alpha value is -2.82. The normalized spacial score (nSPS) is 12.6. The molecule has 0 saturated carbocycles. The molecule has 0 bridgehead atoms. The van der Waals surface area contributed by atoms with E-state index in [9.17, 15) is 9.59 Å². The summed E-state index contributed by atoms with van der Waals surface area (Å²) in [5.74, 6) is -0.300. The summed E-state index contributed by atoms with van der Waals surface area (Å²) < 4.78 is 0. The fraction of sp³-hybridized carbons (Fsp3) is 0.310. The molecule has 3 aromatic carbocycles. The molecule has 2 amide bonds. The SMILES string of the molecule is CCC(C)NC(=O)C(Cc1ccccc1)N(Cc1ccccc1C)C(=O)Cc1ccc(Cl)c(Cl)c1. The molecule has 35 heavy (non-hydrogen) atoms. The highest BCUT2D eigenvalue weighted by molar-refractivity contribution is 6.42. The van der Waals surface area contributed by atoms with Crippen molar-refractivity contribution in [3.63, 3.8) is 0 Å². The van der Waals surface area contributed by atoms with Gasteiger partial charge in [0.25, 0.3) is 0 Å². The molecule has 2 unspecified atom stereocenters. The molecule has 0 aromatic heterocycles. The molecule has 4 nitrogen and oxygen atoms in total. The lowest BCUT2D eigenvalue weighted by molar-refractivity contribution is -0.141. The quantitative estimate of drug-likeness (QED) is 0.343. The first-order valence-electron chi connectivity index (χ1n) is 11.9. The summed E-state index contributed by atoms with van der Waals surface area (Å²) in [6.07, 6.45) is 1.34. The van der Waals surface area contributed by atoms with Crippen molar-refractivity contribution in [2.24, 2.45) is 0 Å². The van der Waals surface area contributed by atoms with Crippen molar-refractivity contribution < 1.29 is 9.59 Å². The zero-order valence-electron chi connectivity index (χ0n) is 20.4. The Kier molecular flexibility index (Phi) is 9.76. The van der Waals surface area contributed by atoms with Gasteiger partial charge in [0, 0.05) is 19.0 Å². The van der Waals surface area contributed by atoms with Gasteiger partial charge in [0.1, 0.15) is 6.04 Å². The third kappa shape index (κ3) is 7.58. The molecular weight excluding hydrogens is 479 g/mol. The summed E-state index contributed by atoms with van der Waals surface area (Å²) >= 11 is 12.3. The van der Waals surface area contributed by atoms with Crippen LogP contribution in [0.2, 0.25) is 10.0 Å². The van der Waals surface area contributed by atoms with Crippen molar-refractivity contribution in [1.82, 2.24) is 10.2 Å². The summed E-state index contributed by atoms with van der Waals surface area (Å²) in [5.41, 5.74) is 3.82. The van der Waals surface area contributed by atoms with Crippen molar-refractivity contribution in [3.8, 4) is 0 Å². The fourth-order valence-electron chi connectivity index (χ4n) is 3.89. The number of carbonyl (C=O) groups excluding carboxylic acids is 2. The van der Waals surface area contributed by atoms with E-state index in [4.69, 9.17) is 23.2 Å². The van der Waals surface area contributed by atoms with Crippen molar-refractivity contribution in [2.45, 2.75) is 58.7 Å². The zero-order valence-corrected chi connectivity index (χ0v) is 21.9. The van der Waals surface area contributed by atoms with Crippen LogP contribution in [0, 0.1) is 6.92 Å². The van der Waals surface area contributed by atoms with Crippen molar-refractivity contribution >= 4 is 35.0 Å². The molecule has 0 aliphatic carbocycles. The summed E-state index contributed by atoms with van der Waals surface area (Å²) in [6.45, 7) is 6.35. The van der Waals surface area contributed by atoms with Crippen LogP contribution in [-0.2, 0) is 29.0 Å². The van der Waals surface area contributed by atoms with Crippen LogP contribution in [0.3, 0.4) is 0 Å². The molecule has 0 aliphatic rings. The van der Waals surface area contributed by atoms with Crippen LogP contribution in [0.15, 0.2) is 72.8 Å². The number of nitrogens with zero attached hydrogens (tertiary/aromatic N) is 1. The van der Waals surface area contributed by atoms with Crippen LogP contribution in [0.4, 0.5) is 0 Å². The highest BCUT2D eigenvalue weighted by atomic mass is 35.5. The predicted molar refractivity (Wildman–Crippen MR) is 144 cm³/mol. The highest BCUT2D eigenvalue weighted by Crippen LogP contribution is 2.24. The standard InChI is InChI=1S/C29H32Cl2N2O2/c1-4-21(3)32-29(35)27(17-22-11-6-5-7-12-22)33(19-24-13-9-8-10-20(24)2)28(34)18-23-14-15-25(30)26(31)16-23/h5-16,21,27H,4,17-19H2,1-3H3,(H,32,35). The van der Waals surface area contributed by atoms with E-state index in [0.717, 1.165) is 28.7 Å². The molecule has 0 spiro atoms. The van der Waals surface area contributed by atoms with Crippen LogP contribution < -0.4 is 5.32 Å². The van der Waals surface area contributed by atoms with E-state index in [-0.39, 0.29) is 24.3 Å². The maximum absolute atomic E-state index is 13.8. The molecule has 3 aromatic rings. The number of rotatable bonds is 10. The minimum Gasteiger partial charge on any atom is -0.352 e. The molecule has 6 heteroatoms. The second-order valence-corrected chi connectivity index (χ2v) is 9.71. The number of benzene rings is 3. The number of aryl methyl sites for hydroxylation is 1. The predicted octanol–water partition coefficient (Wildman–Crippen LogP) is 6.40.